The Hall–Kier alpha value is -5.73. The molecule has 14 heteroatoms. The summed E-state index contributed by atoms with van der Waals surface area (Å²) >= 11 is 0. The van der Waals surface area contributed by atoms with Crippen LogP contribution in [0.3, 0.4) is 0 Å². The second kappa shape index (κ2) is 16.6. The van der Waals surface area contributed by atoms with E-state index in [-0.39, 0.29) is 28.7 Å². The molecule has 0 bridgehead atoms. The summed E-state index contributed by atoms with van der Waals surface area (Å²) in [7, 11) is -0.666. The van der Waals surface area contributed by atoms with Gasteiger partial charge < -0.3 is 30.3 Å². The Labute approximate surface area is 328 Å². The molecule has 0 saturated carbocycles. The van der Waals surface area contributed by atoms with Gasteiger partial charge in [0.25, 0.3) is 11.8 Å². The molecule has 0 spiro atoms. The highest BCUT2D eigenvalue weighted by Gasteiger charge is 2.23. The van der Waals surface area contributed by atoms with Crippen molar-refractivity contribution in [3.8, 4) is 22.6 Å². The van der Waals surface area contributed by atoms with Gasteiger partial charge in [-0.1, -0.05) is 32.9 Å². The number of methoxy groups -OCH3 is 2. The summed E-state index contributed by atoms with van der Waals surface area (Å²) in [5.41, 5.74) is 5.96. The highest BCUT2D eigenvalue weighted by Crippen LogP contribution is 2.39. The van der Waals surface area contributed by atoms with E-state index in [2.05, 4.69) is 30.6 Å². The molecule has 1 aliphatic heterocycles. The Morgan fingerprint density at radius 3 is 2.34 bits per heavy atom. The van der Waals surface area contributed by atoms with Crippen LogP contribution in [0.25, 0.3) is 22.0 Å². The average molecular weight is 780 g/mol. The number of ether oxygens (including phenoxy) is 2. The number of hydrogen-bond acceptors (Lipinski definition) is 10. The van der Waals surface area contributed by atoms with Crippen molar-refractivity contribution < 1.29 is 27.5 Å². The van der Waals surface area contributed by atoms with E-state index in [0.717, 1.165) is 53.5 Å². The maximum atomic E-state index is 13.8. The van der Waals surface area contributed by atoms with E-state index in [0.29, 0.717) is 46.3 Å². The molecule has 56 heavy (non-hydrogen) atoms. The standard InChI is InChI=1S/C42H49N7O6S/c1-26-10-11-28(39(50)46-35-22-30(42(2,3)4)23-36(38(35)55-6)48-56(7,52)53)21-33(26)27-12-15-34-29(20-27)25-44-41(47-34)45-31-13-14-32(37(24-31)54-5)40(51)43-16-19-49-17-8-9-18-49/h10-15,20-25,48H,8-9,16-19H2,1-7H3,(H,43,51)(H,46,50)(H,44,45,47). The number of amides is 2. The first kappa shape index (κ1) is 39.9. The maximum Gasteiger partial charge on any atom is 0.255 e. The van der Waals surface area contributed by atoms with Crippen molar-refractivity contribution in [2.45, 2.75) is 46.0 Å². The molecular formula is C42H49N7O6S. The lowest BCUT2D eigenvalue weighted by molar-refractivity contribution is 0.0946. The molecule has 294 valence electrons. The van der Waals surface area contributed by atoms with Gasteiger partial charge in [0.15, 0.2) is 5.75 Å². The fourth-order valence-electron chi connectivity index (χ4n) is 6.69. The first-order valence-electron chi connectivity index (χ1n) is 18.5. The van der Waals surface area contributed by atoms with Crippen LogP contribution < -0.4 is 30.1 Å². The number of carbonyl (C=O) groups excluding carboxylic acids is 2. The van der Waals surface area contributed by atoms with E-state index in [4.69, 9.17) is 14.5 Å². The second-order valence-corrected chi connectivity index (χ2v) is 16.8. The van der Waals surface area contributed by atoms with Crippen molar-refractivity contribution in [1.82, 2.24) is 20.2 Å². The van der Waals surface area contributed by atoms with Crippen molar-refractivity contribution in [3.05, 3.63) is 95.2 Å². The van der Waals surface area contributed by atoms with E-state index >= 15 is 0 Å². The van der Waals surface area contributed by atoms with Gasteiger partial charge in [0.2, 0.25) is 16.0 Å². The number of nitrogens with zero attached hydrogens (tertiary/aromatic N) is 3. The molecular weight excluding hydrogens is 731 g/mol. The summed E-state index contributed by atoms with van der Waals surface area (Å²) in [6, 6.07) is 20.1. The highest BCUT2D eigenvalue weighted by atomic mass is 32.2. The minimum absolute atomic E-state index is 0.184. The Bertz CT molecular complexity index is 2390. The Kier molecular flexibility index (Phi) is 11.8. The van der Waals surface area contributed by atoms with E-state index < -0.39 is 10.0 Å². The first-order chi connectivity index (χ1) is 26.6. The molecule has 4 N–H and O–H groups in total. The fourth-order valence-corrected chi connectivity index (χ4v) is 7.25. The molecule has 0 atom stereocenters. The number of hydrogen-bond donors (Lipinski definition) is 4. The third-order valence-corrected chi connectivity index (χ3v) is 10.3. The van der Waals surface area contributed by atoms with Gasteiger partial charge in [0.05, 0.1) is 42.9 Å². The quantitative estimate of drug-likeness (QED) is 0.0969. The molecule has 6 rings (SSSR count). The smallest absolute Gasteiger partial charge is 0.255 e. The lowest BCUT2D eigenvalue weighted by Gasteiger charge is -2.24. The summed E-state index contributed by atoms with van der Waals surface area (Å²) in [4.78, 5) is 38.3. The van der Waals surface area contributed by atoms with Crippen molar-refractivity contribution in [2.75, 3.05) is 62.0 Å². The zero-order valence-corrected chi connectivity index (χ0v) is 33.7. The number of anilines is 4. The molecule has 4 aromatic carbocycles. The molecule has 1 saturated heterocycles. The van der Waals surface area contributed by atoms with Crippen molar-refractivity contribution >= 4 is 55.8 Å². The SMILES string of the molecule is COc1cc(Nc2ncc3cc(-c4cc(C(=O)Nc5cc(C(C)(C)C)cc(NS(C)(=O)=O)c5OC)ccc4C)ccc3n2)ccc1C(=O)NCCN1CCCC1. The van der Waals surface area contributed by atoms with E-state index in [1.54, 1.807) is 42.6 Å². The summed E-state index contributed by atoms with van der Waals surface area (Å²) < 4.78 is 38.0. The normalized spacial score (nSPS) is 13.3. The molecule has 0 aliphatic carbocycles. The summed E-state index contributed by atoms with van der Waals surface area (Å²) in [5.74, 6) is 0.455. The predicted molar refractivity (Wildman–Crippen MR) is 222 cm³/mol. The molecule has 1 aliphatic rings. The summed E-state index contributed by atoms with van der Waals surface area (Å²) in [6.07, 6.45) is 5.21. The van der Waals surface area contributed by atoms with E-state index in [9.17, 15) is 18.0 Å². The zero-order valence-electron chi connectivity index (χ0n) is 32.9. The van der Waals surface area contributed by atoms with Crippen LogP contribution in [-0.2, 0) is 15.4 Å². The number of fused-ring (bicyclic) bond motifs is 1. The van der Waals surface area contributed by atoms with Gasteiger partial charge in [-0.15, -0.1) is 0 Å². The van der Waals surface area contributed by atoms with Crippen LogP contribution in [0.4, 0.5) is 23.0 Å². The van der Waals surface area contributed by atoms with Crippen LogP contribution in [0, 0.1) is 6.92 Å². The van der Waals surface area contributed by atoms with Gasteiger partial charge in [-0.2, -0.15) is 0 Å². The van der Waals surface area contributed by atoms with Gasteiger partial charge in [-0.3, -0.25) is 14.3 Å². The first-order valence-corrected chi connectivity index (χ1v) is 20.4. The molecule has 2 amide bonds. The van der Waals surface area contributed by atoms with Gasteiger partial charge in [-0.05, 0) is 109 Å². The Morgan fingerprint density at radius 2 is 1.64 bits per heavy atom. The predicted octanol–water partition coefficient (Wildman–Crippen LogP) is 7.11. The number of aromatic nitrogens is 2. The van der Waals surface area contributed by atoms with E-state index in [1.165, 1.54) is 27.1 Å². The highest BCUT2D eigenvalue weighted by molar-refractivity contribution is 7.92. The summed E-state index contributed by atoms with van der Waals surface area (Å²) in [6.45, 7) is 11.5. The Morgan fingerprint density at radius 1 is 0.893 bits per heavy atom. The molecule has 1 fully saturated rings. The number of carbonyl (C=O) groups is 2. The number of nitrogens with one attached hydrogen (secondary N) is 4. The summed E-state index contributed by atoms with van der Waals surface area (Å²) in [5, 5.41) is 9.97. The van der Waals surface area contributed by atoms with Crippen molar-refractivity contribution in [1.29, 1.82) is 0 Å². The lowest BCUT2D eigenvalue weighted by Crippen LogP contribution is -2.33. The Balaban J connectivity index is 1.19. The van der Waals surface area contributed by atoms with Crippen LogP contribution in [0.1, 0.15) is 65.5 Å². The number of aryl methyl sites for hydroxylation is 1. The second-order valence-electron chi connectivity index (χ2n) is 15.0. The van der Waals surface area contributed by atoms with Gasteiger partial charge >= 0.3 is 0 Å². The topological polar surface area (TPSA) is 164 Å². The number of rotatable bonds is 13. The largest absolute Gasteiger partial charge is 0.496 e. The van der Waals surface area contributed by atoms with Gasteiger partial charge in [-0.25, -0.2) is 18.4 Å². The van der Waals surface area contributed by atoms with Crippen LogP contribution in [-0.4, -0.2) is 81.8 Å². The van der Waals surface area contributed by atoms with Crippen LogP contribution in [0.5, 0.6) is 11.5 Å². The number of benzene rings is 4. The minimum atomic E-state index is -3.63. The zero-order chi connectivity index (χ0) is 40.2. The molecule has 5 aromatic rings. The minimum Gasteiger partial charge on any atom is -0.496 e. The van der Waals surface area contributed by atoms with E-state index in [1.807, 2.05) is 58.0 Å². The molecule has 2 heterocycles. The van der Waals surface area contributed by atoms with Crippen LogP contribution >= 0.6 is 0 Å². The monoisotopic (exact) mass is 779 g/mol. The number of likely N-dealkylation sites (tertiary alicyclic amines) is 1. The molecule has 0 radical (unpaired) electrons. The number of sulfonamides is 1. The fraction of sp³-hybridized carbons (Fsp3) is 0.333. The van der Waals surface area contributed by atoms with Crippen molar-refractivity contribution in [3.63, 3.8) is 0 Å². The van der Waals surface area contributed by atoms with Crippen LogP contribution in [0.2, 0.25) is 0 Å². The van der Waals surface area contributed by atoms with Gasteiger partial charge in [0.1, 0.15) is 5.75 Å². The van der Waals surface area contributed by atoms with Crippen LogP contribution in [0.15, 0.2) is 72.9 Å². The van der Waals surface area contributed by atoms with Crippen molar-refractivity contribution in [2.24, 2.45) is 0 Å². The molecule has 1 aromatic heterocycles. The molecule has 13 nitrogen and oxygen atoms in total. The average Bonchev–Trinajstić information content (AvgIpc) is 3.67. The maximum absolute atomic E-state index is 13.8. The molecule has 0 unspecified atom stereocenters. The van der Waals surface area contributed by atoms with Gasteiger partial charge in [0, 0.05) is 42.0 Å². The third-order valence-electron chi connectivity index (χ3n) is 9.71. The third kappa shape index (κ3) is 9.55. The lowest BCUT2D eigenvalue weighted by atomic mass is 9.86.